The Bertz CT molecular complexity index is 794. The average molecular weight is 230 g/mol. The molecule has 0 N–H and O–H groups in total. The number of aryl methyl sites for hydroxylation is 2. The van der Waals surface area contributed by atoms with Gasteiger partial charge in [0.05, 0.1) is 0 Å². The van der Waals surface area contributed by atoms with Crippen LogP contribution in [-0.2, 0) is 0 Å². The van der Waals surface area contributed by atoms with Crippen molar-refractivity contribution in [2.45, 2.75) is 13.8 Å². The van der Waals surface area contributed by atoms with Crippen LogP contribution >= 0.6 is 0 Å². The first-order valence-corrected chi connectivity index (χ1v) is 6.39. The Hall–Kier alpha value is -2.08. The number of hydrogen-bond donors (Lipinski definition) is 0. The molecular weight excluding hydrogens is 216 g/mol. The number of fused-ring (bicyclic) bond motifs is 3. The SMILES string of the molecule is Cc1ccc2c(c1)-c1ccc(C)c3cccc-2c13. The van der Waals surface area contributed by atoms with E-state index >= 15 is 0 Å². The molecule has 3 aromatic carbocycles. The lowest BCUT2D eigenvalue weighted by Gasteiger charge is -2.04. The molecule has 0 nitrogen and oxygen atoms in total. The summed E-state index contributed by atoms with van der Waals surface area (Å²) < 4.78 is 0. The van der Waals surface area contributed by atoms with Gasteiger partial charge in [-0.1, -0.05) is 54.1 Å². The molecule has 0 fully saturated rings. The van der Waals surface area contributed by atoms with E-state index in [-0.39, 0.29) is 0 Å². The van der Waals surface area contributed by atoms with Gasteiger partial charge in [0.15, 0.2) is 0 Å². The summed E-state index contributed by atoms with van der Waals surface area (Å²) >= 11 is 0. The van der Waals surface area contributed by atoms with E-state index in [2.05, 4.69) is 62.4 Å². The minimum atomic E-state index is 1.33. The Balaban J connectivity index is 2.26. The minimum Gasteiger partial charge on any atom is -0.0610 e. The molecule has 0 unspecified atom stereocenters. The van der Waals surface area contributed by atoms with Gasteiger partial charge in [0.25, 0.3) is 0 Å². The third kappa shape index (κ3) is 1.10. The Morgan fingerprint density at radius 1 is 0.667 bits per heavy atom. The quantitative estimate of drug-likeness (QED) is 0.394. The van der Waals surface area contributed by atoms with Crippen LogP contribution in [0.3, 0.4) is 0 Å². The highest BCUT2D eigenvalue weighted by Crippen LogP contribution is 2.47. The molecule has 0 amide bonds. The zero-order chi connectivity index (χ0) is 12.3. The van der Waals surface area contributed by atoms with Crippen LogP contribution in [0, 0.1) is 13.8 Å². The third-order valence-electron chi connectivity index (χ3n) is 4.01. The van der Waals surface area contributed by atoms with Crippen LogP contribution in [0.5, 0.6) is 0 Å². The summed E-state index contributed by atoms with van der Waals surface area (Å²) in [5.74, 6) is 0. The molecule has 0 aliphatic heterocycles. The molecule has 0 radical (unpaired) electrons. The summed E-state index contributed by atoms with van der Waals surface area (Å²) in [7, 11) is 0. The lowest BCUT2D eigenvalue weighted by molar-refractivity contribution is 1.48. The molecule has 0 heterocycles. The molecular formula is C18H14. The van der Waals surface area contributed by atoms with Crippen molar-refractivity contribution in [1.82, 2.24) is 0 Å². The molecule has 0 bridgehead atoms. The first-order chi connectivity index (χ1) is 8.75. The third-order valence-corrected chi connectivity index (χ3v) is 4.01. The van der Waals surface area contributed by atoms with Crippen LogP contribution < -0.4 is 0 Å². The van der Waals surface area contributed by atoms with Crippen LogP contribution in [-0.4, -0.2) is 0 Å². The molecule has 0 atom stereocenters. The van der Waals surface area contributed by atoms with Crippen molar-refractivity contribution in [1.29, 1.82) is 0 Å². The van der Waals surface area contributed by atoms with E-state index in [9.17, 15) is 0 Å². The van der Waals surface area contributed by atoms with E-state index in [0.29, 0.717) is 0 Å². The lowest BCUT2D eigenvalue weighted by atomic mass is 9.99. The number of hydrogen-bond acceptors (Lipinski definition) is 0. The molecule has 1 aliphatic rings. The molecule has 3 aromatic rings. The van der Waals surface area contributed by atoms with Crippen molar-refractivity contribution < 1.29 is 0 Å². The summed E-state index contributed by atoms with van der Waals surface area (Å²) in [6.07, 6.45) is 0. The number of benzene rings is 3. The van der Waals surface area contributed by atoms with Crippen LogP contribution in [0.4, 0.5) is 0 Å². The second-order valence-electron chi connectivity index (χ2n) is 5.21. The number of rotatable bonds is 0. The molecule has 0 heteroatoms. The van der Waals surface area contributed by atoms with E-state index in [1.807, 2.05) is 0 Å². The Kier molecular flexibility index (Phi) is 1.78. The fourth-order valence-corrected chi connectivity index (χ4v) is 3.12. The van der Waals surface area contributed by atoms with E-state index < -0.39 is 0 Å². The summed E-state index contributed by atoms with van der Waals surface area (Å²) in [6.45, 7) is 4.35. The van der Waals surface area contributed by atoms with Gasteiger partial charge >= 0.3 is 0 Å². The monoisotopic (exact) mass is 230 g/mol. The molecule has 0 saturated carbocycles. The molecule has 0 saturated heterocycles. The molecule has 0 spiro atoms. The summed E-state index contributed by atoms with van der Waals surface area (Å²) in [5, 5.41) is 2.82. The minimum absolute atomic E-state index is 1.33. The second-order valence-corrected chi connectivity index (χ2v) is 5.21. The van der Waals surface area contributed by atoms with Gasteiger partial charge in [-0.05, 0) is 52.4 Å². The van der Waals surface area contributed by atoms with Crippen LogP contribution in [0.2, 0.25) is 0 Å². The highest BCUT2D eigenvalue weighted by Gasteiger charge is 2.21. The first-order valence-electron chi connectivity index (χ1n) is 6.39. The molecule has 0 aromatic heterocycles. The van der Waals surface area contributed by atoms with E-state index in [0.717, 1.165) is 0 Å². The normalized spacial score (nSPS) is 11.9. The average Bonchev–Trinajstić information content (AvgIpc) is 2.69. The van der Waals surface area contributed by atoms with Crippen molar-refractivity contribution in [2.75, 3.05) is 0 Å². The maximum absolute atomic E-state index is 2.30. The predicted molar refractivity (Wildman–Crippen MR) is 77.9 cm³/mol. The first kappa shape index (κ1) is 9.90. The zero-order valence-electron chi connectivity index (χ0n) is 10.6. The van der Waals surface area contributed by atoms with Gasteiger partial charge < -0.3 is 0 Å². The largest absolute Gasteiger partial charge is 0.0610 e. The Morgan fingerprint density at radius 2 is 1.44 bits per heavy atom. The maximum Gasteiger partial charge on any atom is -0.00237 e. The lowest BCUT2D eigenvalue weighted by Crippen LogP contribution is -1.80. The highest BCUT2D eigenvalue weighted by molar-refractivity contribution is 6.15. The Morgan fingerprint density at radius 3 is 2.33 bits per heavy atom. The van der Waals surface area contributed by atoms with Gasteiger partial charge in [-0.25, -0.2) is 0 Å². The fourth-order valence-electron chi connectivity index (χ4n) is 3.12. The van der Waals surface area contributed by atoms with Gasteiger partial charge in [0.2, 0.25) is 0 Å². The van der Waals surface area contributed by atoms with E-state index in [1.165, 1.54) is 44.2 Å². The van der Waals surface area contributed by atoms with Crippen molar-refractivity contribution in [3.05, 3.63) is 59.7 Å². The molecule has 86 valence electrons. The fraction of sp³-hybridized carbons (Fsp3) is 0.111. The second kappa shape index (κ2) is 3.23. The summed E-state index contributed by atoms with van der Waals surface area (Å²) in [5.41, 5.74) is 8.24. The molecule has 1 aliphatic carbocycles. The topological polar surface area (TPSA) is 0 Å². The summed E-state index contributed by atoms with van der Waals surface area (Å²) in [4.78, 5) is 0. The Labute approximate surface area is 107 Å². The van der Waals surface area contributed by atoms with Gasteiger partial charge in [0, 0.05) is 0 Å². The van der Waals surface area contributed by atoms with Crippen molar-refractivity contribution in [3.8, 4) is 22.3 Å². The highest BCUT2D eigenvalue weighted by atomic mass is 14.2. The van der Waals surface area contributed by atoms with Crippen LogP contribution in [0.15, 0.2) is 48.5 Å². The van der Waals surface area contributed by atoms with Crippen LogP contribution in [0.25, 0.3) is 33.0 Å². The summed E-state index contributed by atoms with van der Waals surface area (Å²) in [6, 6.07) is 17.9. The molecule has 18 heavy (non-hydrogen) atoms. The van der Waals surface area contributed by atoms with Gasteiger partial charge in [-0.3, -0.25) is 0 Å². The smallest absolute Gasteiger partial charge is 0.00237 e. The van der Waals surface area contributed by atoms with Gasteiger partial charge in [0.1, 0.15) is 0 Å². The van der Waals surface area contributed by atoms with E-state index in [1.54, 1.807) is 0 Å². The van der Waals surface area contributed by atoms with Crippen molar-refractivity contribution in [2.24, 2.45) is 0 Å². The standard InChI is InChI=1S/C18H14/c1-11-6-8-14-15-5-3-4-13-12(2)7-9-16(18(13)15)17(14)10-11/h3-10H,1-2H3. The van der Waals surface area contributed by atoms with Crippen LogP contribution in [0.1, 0.15) is 11.1 Å². The molecule has 4 rings (SSSR count). The maximum atomic E-state index is 2.30. The van der Waals surface area contributed by atoms with Crippen molar-refractivity contribution >= 4 is 10.8 Å². The van der Waals surface area contributed by atoms with E-state index in [4.69, 9.17) is 0 Å². The zero-order valence-corrected chi connectivity index (χ0v) is 10.6. The van der Waals surface area contributed by atoms with Gasteiger partial charge in [-0.2, -0.15) is 0 Å². The van der Waals surface area contributed by atoms with Gasteiger partial charge in [-0.15, -0.1) is 0 Å². The van der Waals surface area contributed by atoms with Crippen molar-refractivity contribution in [3.63, 3.8) is 0 Å². The predicted octanol–water partition coefficient (Wildman–Crippen LogP) is 5.10.